The number of benzene rings is 1. The van der Waals surface area contributed by atoms with E-state index in [-0.39, 0.29) is 6.61 Å². The summed E-state index contributed by atoms with van der Waals surface area (Å²) in [6, 6.07) is 3.48. The number of hydrazine groups is 1. The molecule has 0 aliphatic rings. The van der Waals surface area contributed by atoms with Gasteiger partial charge < -0.3 is 10.2 Å². The van der Waals surface area contributed by atoms with Gasteiger partial charge in [0, 0.05) is 6.07 Å². The van der Waals surface area contributed by atoms with Gasteiger partial charge in [0.2, 0.25) is 5.75 Å². The second kappa shape index (κ2) is 5.89. The minimum atomic E-state index is -0.813. The van der Waals surface area contributed by atoms with Crippen molar-refractivity contribution in [3.63, 3.8) is 0 Å². The molecule has 0 atom stereocenters. The van der Waals surface area contributed by atoms with Crippen LogP contribution in [0.15, 0.2) is 30.6 Å². The van der Waals surface area contributed by atoms with Crippen LogP contribution in [0, 0.1) is 15.9 Å². The number of nitrogens with zero attached hydrogens (tertiary/aromatic N) is 3. The summed E-state index contributed by atoms with van der Waals surface area (Å²) >= 11 is 0. The number of halogens is 1. The van der Waals surface area contributed by atoms with Crippen LogP contribution in [-0.4, -0.2) is 14.9 Å². The number of aromatic nitrogens is 2. The van der Waals surface area contributed by atoms with E-state index in [0.29, 0.717) is 11.5 Å². The Hall–Kier alpha value is -2.81. The molecule has 1 aromatic carbocycles. The fourth-order valence-electron chi connectivity index (χ4n) is 1.43. The Balaban J connectivity index is 2.16. The average Bonchev–Trinajstić information content (AvgIpc) is 2.46. The predicted molar refractivity (Wildman–Crippen MR) is 67.2 cm³/mol. The summed E-state index contributed by atoms with van der Waals surface area (Å²) in [5.41, 5.74) is 2.23. The van der Waals surface area contributed by atoms with Crippen molar-refractivity contribution in [2.75, 3.05) is 5.43 Å². The lowest BCUT2D eigenvalue weighted by molar-refractivity contribution is -0.386. The van der Waals surface area contributed by atoms with Gasteiger partial charge in [0.25, 0.3) is 0 Å². The number of ether oxygens (including phenoxy) is 1. The van der Waals surface area contributed by atoms with Gasteiger partial charge in [0.1, 0.15) is 6.61 Å². The molecule has 2 aromatic rings. The topological polar surface area (TPSA) is 116 Å². The first-order chi connectivity index (χ1) is 9.61. The molecule has 0 saturated carbocycles. The van der Waals surface area contributed by atoms with Crippen molar-refractivity contribution in [3.05, 3.63) is 52.2 Å². The van der Waals surface area contributed by atoms with Crippen molar-refractivity contribution in [2.24, 2.45) is 5.84 Å². The summed E-state index contributed by atoms with van der Waals surface area (Å²) in [4.78, 5) is 17.9. The van der Waals surface area contributed by atoms with Crippen LogP contribution in [0.2, 0.25) is 0 Å². The van der Waals surface area contributed by atoms with Crippen LogP contribution < -0.4 is 16.0 Å². The quantitative estimate of drug-likeness (QED) is 0.482. The van der Waals surface area contributed by atoms with E-state index in [9.17, 15) is 14.5 Å². The maximum absolute atomic E-state index is 13.5. The number of rotatable bonds is 5. The van der Waals surface area contributed by atoms with Gasteiger partial charge >= 0.3 is 5.69 Å². The van der Waals surface area contributed by atoms with Crippen LogP contribution in [0.5, 0.6) is 5.75 Å². The van der Waals surface area contributed by atoms with Gasteiger partial charge in [-0.2, -0.15) is 0 Å². The summed E-state index contributed by atoms with van der Waals surface area (Å²) in [5, 5.41) is 10.8. The Morgan fingerprint density at radius 1 is 1.40 bits per heavy atom. The van der Waals surface area contributed by atoms with E-state index in [0.717, 1.165) is 12.1 Å². The second-order valence-corrected chi connectivity index (χ2v) is 3.67. The number of nitro benzene ring substituents is 1. The number of nitrogens with one attached hydrogen (secondary N) is 1. The lowest BCUT2D eigenvalue weighted by atomic mass is 10.3. The molecular formula is C11H10FN5O3. The molecule has 9 heteroatoms. The van der Waals surface area contributed by atoms with Crippen molar-refractivity contribution < 1.29 is 14.1 Å². The third-order valence-corrected chi connectivity index (χ3v) is 2.36. The maximum Gasteiger partial charge on any atom is 0.314 e. The summed E-state index contributed by atoms with van der Waals surface area (Å²) < 4.78 is 18.7. The number of para-hydroxylation sites is 1. The highest BCUT2D eigenvalue weighted by atomic mass is 19.1. The van der Waals surface area contributed by atoms with Crippen LogP contribution in [-0.2, 0) is 6.61 Å². The van der Waals surface area contributed by atoms with Crippen molar-refractivity contribution in [2.45, 2.75) is 6.61 Å². The molecule has 20 heavy (non-hydrogen) atoms. The zero-order valence-electron chi connectivity index (χ0n) is 10.1. The van der Waals surface area contributed by atoms with E-state index in [1.165, 1.54) is 18.5 Å². The molecule has 104 valence electrons. The van der Waals surface area contributed by atoms with E-state index < -0.39 is 22.2 Å². The van der Waals surface area contributed by atoms with E-state index in [1.54, 1.807) is 0 Å². The van der Waals surface area contributed by atoms with Crippen LogP contribution in [0.25, 0.3) is 0 Å². The zero-order chi connectivity index (χ0) is 14.5. The number of nitro groups is 1. The fraction of sp³-hybridized carbons (Fsp3) is 0.0909. The number of nitrogen functional groups attached to an aromatic ring is 1. The molecule has 1 aromatic heterocycles. The first-order valence-corrected chi connectivity index (χ1v) is 5.45. The molecule has 2 rings (SSSR count). The van der Waals surface area contributed by atoms with E-state index in [4.69, 9.17) is 10.6 Å². The van der Waals surface area contributed by atoms with Gasteiger partial charge in [-0.3, -0.25) is 15.1 Å². The smallest absolute Gasteiger partial charge is 0.314 e. The van der Waals surface area contributed by atoms with Crippen molar-refractivity contribution in [3.8, 4) is 5.75 Å². The van der Waals surface area contributed by atoms with Crippen LogP contribution in [0.1, 0.15) is 5.69 Å². The highest BCUT2D eigenvalue weighted by Crippen LogP contribution is 2.30. The Labute approximate surface area is 112 Å². The van der Waals surface area contributed by atoms with Crippen molar-refractivity contribution >= 4 is 11.5 Å². The van der Waals surface area contributed by atoms with Gasteiger partial charge in [-0.1, -0.05) is 6.07 Å². The fourth-order valence-corrected chi connectivity index (χ4v) is 1.43. The SMILES string of the molecule is NNc1cnc(COc2c(F)cccc2[N+](=O)[O-])cn1. The normalized spacial score (nSPS) is 10.1. The molecule has 0 aliphatic carbocycles. The van der Waals surface area contributed by atoms with Crippen LogP contribution >= 0.6 is 0 Å². The van der Waals surface area contributed by atoms with Gasteiger partial charge in [-0.25, -0.2) is 15.2 Å². The molecule has 3 N–H and O–H groups in total. The highest BCUT2D eigenvalue weighted by molar-refractivity contribution is 5.46. The van der Waals surface area contributed by atoms with Gasteiger partial charge in [0.05, 0.1) is 23.0 Å². The Bertz CT molecular complexity index is 620. The summed E-state index contributed by atoms with van der Waals surface area (Å²) in [6.45, 7) is -0.153. The van der Waals surface area contributed by atoms with Crippen LogP contribution in [0.3, 0.4) is 0 Å². The number of nitrogens with two attached hydrogens (primary N) is 1. The minimum Gasteiger partial charge on any atom is -0.478 e. The number of hydrogen-bond acceptors (Lipinski definition) is 7. The second-order valence-electron chi connectivity index (χ2n) is 3.67. The number of hydrogen-bond donors (Lipinski definition) is 2. The first-order valence-electron chi connectivity index (χ1n) is 5.45. The van der Waals surface area contributed by atoms with Gasteiger partial charge in [-0.05, 0) is 6.07 Å². The Morgan fingerprint density at radius 2 is 2.20 bits per heavy atom. The molecule has 0 amide bonds. The van der Waals surface area contributed by atoms with Gasteiger partial charge in [-0.15, -0.1) is 0 Å². The molecule has 8 nitrogen and oxygen atoms in total. The maximum atomic E-state index is 13.5. The molecule has 0 saturated heterocycles. The lowest BCUT2D eigenvalue weighted by Crippen LogP contribution is -2.10. The average molecular weight is 279 g/mol. The molecule has 0 fully saturated rings. The molecule has 0 spiro atoms. The third-order valence-electron chi connectivity index (χ3n) is 2.36. The minimum absolute atomic E-state index is 0.153. The van der Waals surface area contributed by atoms with E-state index >= 15 is 0 Å². The van der Waals surface area contributed by atoms with Crippen molar-refractivity contribution in [1.82, 2.24) is 9.97 Å². The highest BCUT2D eigenvalue weighted by Gasteiger charge is 2.19. The standard InChI is InChI=1S/C11H10FN5O3/c12-8-2-1-3-9(17(18)19)11(8)20-6-7-4-15-10(16-13)5-14-7/h1-5H,6,13H2,(H,15,16). The molecule has 0 unspecified atom stereocenters. The van der Waals surface area contributed by atoms with Gasteiger partial charge in [0.15, 0.2) is 11.6 Å². The molecule has 1 heterocycles. The summed E-state index contributed by atoms with van der Waals surface area (Å²) in [6.07, 6.45) is 2.72. The van der Waals surface area contributed by atoms with E-state index in [1.807, 2.05) is 0 Å². The number of anilines is 1. The van der Waals surface area contributed by atoms with Crippen LogP contribution in [0.4, 0.5) is 15.9 Å². The van der Waals surface area contributed by atoms with E-state index in [2.05, 4.69) is 15.4 Å². The summed E-state index contributed by atoms with van der Waals surface area (Å²) in [5.74, 6) is 4.24. The monoisotopic (exact) mass is 279 g/mol. The Morgan fingerprint density at radius 3 is 2.80 bits per heavy atom. The largest absolute Gasteiger partial charge is 0.478 e. The summed E-state index contributed by atoms with van der Waals surface area (Å²) in [7, 11) is 0. The molecule has 0 aliphatic heterocycles. The third kappa shape index (κ3) is 2.95. The first kappa shape index (κ1) is 13.6. The predicted octanol–water partition coefficient (Wildman–Crippen LogP) is 1.39. The zero-order valence-corrected chi connectivity index (χ0v) is 10.1. The molecule has 0 bridgehead atoms. The molecule has 0 radical (unpaired) electrons. The molecular weight excluding hydrogens is 269 g/mol. The Kier molecular flexibility index (Phi) is 4.01. The van der Waals surface area contributed by atoms with Crippen molar-refractivity contribution in [1.29, 1.82) is 0 Å². The lowest BCUT2D eigenvalue weighted by Gasteiger charge is -2.07.